The minimum absolute atomic E-state index is 0.0318. The van der Waals surface area contributed by atoms with Crippen molar-refractivity contribution in [2.45, 2.75) is 192 Å². The molecule has 0 bridgehead atoms. The molecule has 0 aromatic rings. The van der Waals surface area contributed by atoms with E-state index in [4.69, 9.17) is 9.79 Å². The maximum atomic E-state index is 12.9. The van der Waals surface area contributed by atoms with Crippen LogP contribution in [0.4, 0.5) is 0 Å². The maximum Gasteiger partial charge on any atom is 0.469 e. The van der Waals surface area contributed by atoms with Gasteiger partial charge in [-0.25, -0.2) is 4.57 Å². The van der Waals surface area contributed by atoms with Crippen molar-refractivity contribution < 1.29 is 38.7 Å². The Kier molecular flexibility index (Phi) is 29.2. The van der Waals surface area contributed by atoms with E-state index in [0.717, 1.165) is 70.6 Å². The van der Waals surface area contributed by atoms with Crippen molar-refractivity contribution in [3.05, 3.63) is 24.3 Å². The first-order valence-corrected chi connectivity index (χ1v) is 20.1. The number of unbranched alkanes of at least 4 members (excludes halogenated alkanes) is 20. The van der Waals surface area contributed by atoms with Crippen LogP contribution in [0.3, 0.4) is 0 Å². The van der Waals surface area contributed by atoms with Gasteiger partial charge in [0.2, 0.25) is 0 Å². The topological polar surface area (TPSA) is 141 Å². The Morgan fingerprint density at radius 2 is 1.02 bits per heavy atom. The molecule has 9 heteroatoms. The number of Topliss-reactive ketones (excluding diaryl/α,β-unsaturated/α-hetero) is 2. The van der Waals surface area contributed by atoms with E-state index in [1.807, 2.05) is 0 Å². The number of ketones is 2. The molecule has 0 spiro atoms. The number of aliphatic hydroxyl groups is 2. The number of allylic oxidation sites excluding steroid dienone is 4. The minimum atomic E-state index is -5.03. The zero-order valence-electron chi connectivity index (χ0n) is 29.3. The molecule has 8 nitrogen and oxygen atoms in total. The third-order valence-corrected chi connectivity index (χ3v) is 9.04. The molecule has 0 aliphatic carbocycles. The Morgan fingerprint density at radius 1 is 0.630 bits per heavy atom. The van der Waals surface area contributed by atoms with E-state index in [0.29, 0.717) is 12.8 Å². The minimum Gasteiger partial charge on any atom is -0.382 e. The van der Waals surface area contributed by atoms with Crippen LogP contribution in [0.5, 0.6) is 0 Å². The predicted octanol–water partition coefficient (Wildman–Crippen LogP) is 9.62. The van der Waals surface area contributed by atoms with Gasteiger partial charge in [-0.05, 0) is 44.9 Å². The van der Waals surface area contributed by atoms with Crippen molar-refractivity contribution in [3.63, 3.8) is 0 Å². The average molecular weight is 673 g/mol. The summed E-state index contributed by atoms with van der Waals surface area (Å²) in [6.07, 6.45) is 32.4. The van der Waals surface area contributed by atoms with E-state index in [1.54, 1.807) is 0 Å². The summed E-state index contributed by atoms with van der Waals surface area (Å²) in [6.45, 7) is 3.30. The van der Waals surface area contributed by atoms with E-state index in [-0.39, 0.29) is 12.8 Å². The van der Waals surface area contributed by atoms with Crippen LogP contribution in [0.2, 0.25) is 0 Å². The van der Waals surface area contributed by atoms with Crippen molar-refractivity contribution in [2.75, 3.05) is 6.61 Å². The molecule has 0 aliphatic heterocycles. The highest BCUT2D eigenvalue weighted by atomic mass is 31.2. The van der Waals surface area contributed by atoms with Gasteiger partial charge in [0, 0.05) is 12.8 Å². The Morgan fingerprint density at radius 3 is 1.50 bits per heavy atom. The van der Waals surface area contributed by atoms with Crippen molar-refractivity contribution in [1.29, 1.82) is 0 Å². The second kappa shape index (κ2) is 29.9. The Balaban J connectivity index is 4.35. The molecule has 0 saturated carbocycles. The number of carbonyl (C=O) groups is 2. The summed E-state index contributed by atoms with van der Waals surface area (Å²) >= 11 is 0. The lowest BCUT2D eigenvalue weighted by Crippen LogP contribution is -2.56. The molecule has 0 aliphatic rings. The molecular formula is C37H69O8P. The summed E-state index contributed by atoms with van der Waals surface area (Å²) in [7, 11) is -5.03. The van der Waals surface area contributed by atoms with Crippen LogP contribution >= 0.6 is 7.82 Å². The summed E-state index contributed by atoms with van der Waals surface area (Å²) in [5.41, 5.74) is -2.69. The molecule has 0 saturated heterocycles. The Labute approximate surface area is 281 Å². The molecule has 2 atom stereocenters. The predicted molar refractivity (Wildman–Crippen MR) is 189 cm³/mol. The zero-order valence-corrected chi connectivity index (χ0v) is 30.2. The Hall–Kier alpha value is -1.15. The highest BCUT2D eigenvalue weighted by Crippen LogP contribution is 2.38. The van der Waals surface area contributed by atoms with Gasteiger partial charge < -0.3 is 20.0 Å². The lowest BCUT2D eigenvalue weighted by atomic mass is 9.85. The van der Waals surface area contributed by atoms with Gasteiger partial charge >= 0.3 is 7.82 Å². The highest BCUT2D eigenvalue weighted by molar-refractivity contribution is 7.46. The molecule has 0 rings (SSSR count). The largest absolute Gasteiger partial charge is 0.469 e. The lowest BCUT2D eigenvalue weighted by molar-refractivity contribution is -0.165. The smallest absolute Gasteiger partial charge is 0.382 e. The van der Waals surface area contributed by atoms with Crippen LogP contribution in [0.25, 0.3) is 0 Å². The van der Waals surface area contributed by atoms with E-state index < -0.39 is 37.7 Å². The summed E-state index contributed by atoms with van der Waals surface area (Å²) in [5, 5.41) is 21.7. The van der Waals surface area contributed by atoms with Crippen LogP contribution in [0, 0.1) is 0 Å². The third-order valence-electron chi connectivity index (χ3n) is 8.57. The standard InChI is InChI=1S/C37H69O8P/c1-3-5-7-9-11-13-15-17-18-20-21-23-25-27-29-31-34(38)36(40)37(41,33-45-46(42,43)44)35(39)32-30-28-26-24-22-19-16-14-12-10-8-6-4-2/h11,13,17-18,36,40-41H,3-10,12,14-16,19-33H2,1-2H3,(H2,42,43,44)/b13-11-,18-17-. The fourth-order valence-corrected chi connectivity index (χ4v) is 5.89. The molecular weight excluding hydrogens is 603 g/mol. The molecule has 0 amide bonds. The average Bonchev–Trinajstić information content (AvgIpc) is 3.02. The van der Waals surface area contributed by atoms with Crippen molar-refractivity contribution in [3.8, 4) is 0 Å². The molecule has 0 fully saturated rings. The SMILES string of the molecule is CCCCC/C=C\C/C=C\CCCCCCCC(=O)C(O)C(O)(COP(=O)(O)O)C(=O)CCCCCCCCCCCCCCC. The van der Waals surface area contributed by atoms with Crippen molar-refractivity contribution >= 4 is 19.4 Å². The number of hydrogen-bond acceptors (Lipinski definition) is 6. The van der Waals surface area contributed by atoms with Gasteiger partial charge in [-0.3, -0.25) is 14.1 Å². The van der Waals surface area contributed by atoms with E-state index in [9.17, 15) is 24.4 Å². The van der Waals surface area contributed by atoms with Crippen LogP contribution in [-0.4, -0.2) is 49.9 Å². The molecule has 0 heterocycles. The van der Waals surface area contributed by atoms with Gasteiger partial charge in [-0.1, -0.05) is 147 Å². The van der Waals surface area contributed by atoms with Crippen LogP contribution in [0.1, 0.15) is 181 Å². The fourth-order valence-electron chi connectivity index (χ4n) is 5.53. The number of rotatable bonds is 34. The van der Waals surface area contributed by atoms with Crippen LogP contribution in [-0.2, 0) is 18.7 Å². The van der Waals surface area contributed by atoms with Gasteiger partial charge in [-0.15, -0.1) is 0 Å². The van der Waals surface area contributed by atoms with E-state index in [1.165, 1.54) is 70.6 Å². The maximum absolute atomic E-state index is 12.9. The summed E-state index contributed by atoms with van der Waals surface area (Å²) < 4.78 is 15.7. The first kappa shape index (κ1) is 44.9. The van der Waals surface area contributed by atoms with Crippen LogP contribution in [0.15, 0.2) is 24.3 Å². The monoisotopic (exact) mass is 672 g/mol. The zero-order chi connectivity index (χ0) is 34.4. The lowest BCUT2D eigenvalue weighted by Gasteiger charge is -2.30. The van der Waals surface area contributed by atoms with E-state index in [2.05, 4.69) is 42.7 Å². The van der Waals surface area contributed by atoms with Crippen LogP contribution < -0.4 is 0 Å². The molecule has 0 aromatic heterocycles. The summed E-state index contributed by atoms with van der Waals surface area (Å²) in [4.78, 5) is 43.9. The van der Waals surface area contributed by atoms with Gasteiger partial charge in [0.05, 0.1) is 6.61 Å². The number of hydrogen-bond donors (Lipinski definition) is 4. The van der Waals surface area contributed by atoms with Crippen molar-refractivity contribution in [1.82, 2.24) is 0 Å². The second-order valence-electron chi connectivity index (χ2n) is 13.0. The molecule has 0 aromatic carbocycles. The summed E-state index contributed by atoms with van der Waals surface area (Å²) in [5.74, 6) is -1.55. The molecule has 46 heavy (non-hydrogen) atoms. The number of phosphoric ester groups is 1. The van der Waals surface area contributed by atoms with E-state index >= 15 is 0 Å². The number of aliphatic hydroxyl groups excluding tert-OH is 1. The third kappa shape index (κ3) is 25.9. The Bertz CT molecular complexity index is 852. The first-order chi connectivity index (χ1) is 22.1. The highest BCUT2D eigenvalue weighted by Gasteiger charge is 2.47. The summed E-state index contributed by atoms with van der Waals surface area (Å²) in [6, 6.07) is 0. The van der Waals surface area contributed by atoms with Gasteiger partial charge in [-0.2, -0.15) is 0 Å². The quantitative estimate of drug-likeness (QED) is 0.0301. The number of phosphoric acid groups is 1. The number of carbonyl (C=O) groups excluding carboxylic acids is 2. The van der Waals surface area contributed by atoms with Gasteiger partial charge in [0.25, 0.3) is 0 Å². The normalized spacial score (nSPS) is 14.3. The molecule has 0 radical (unpaired) electrons. The molecule has 4 N–H and O–H groups in total. The fraction of sp³-hybridized carbons (Fsp3) is 0.838. The first-order valence-electron chi connectivity index (χ1n) is 18.5. The van der Waals surface area contributed by atoms with Gasteiger partial charge in [0.15, 0.2) is 23.3 Å². The second-order valence-corrected chi connectivity index (χ2v) is 14.2. The molecule has 2 unspecified atom stereocenters. The van der Waals surface area contributed by atoms with Crippen molar-refractivity contribution in [2.24, 2.45) is 0 Å². The molecule has 270 valence electrons. The van der Waals surface area contributed by atoms with Gasteiger partial charge in [0.1, 0.15) is 0 Å².